The fourth-order valence-corrected chi connectivity index (χ4v) is 2.24. The van der Waals surface area contributed by atoms with Crippen LogP contribution in [0.4, 0.5) is 4.79 Å². The Morgan fingerprint density at radius 3 is 2.10 bits per heavy atom. The first-order valence-corrected chi connectivity index (χ1v) is 6.83. The Morgan fingerprint density at radius 1 is 1.05 bits per heavy atom. The molecule has 0 bridgehead atoms. The number of nitrogens with one attached hydrogen (secondary N) is 1. The summed E-state index contributed by atoms with van der Waals surface area (Å²) < 4.78 is 0. The number of amides is 3. The monoisotopic (exact) mass is 282 g/mol. The number of urea groups is 1. The average molecular weight is 282 g/mol. The van der Waals surface area contributed by atoms with Gasteiger partial charge in [0.25, 0.3) is 5.91 Å². The highest BCUT2D eigenvalue weighted by Crippen LogP contribution is 2.21. The maximum atomic E-state index is 12.0. The average Bonchev–Trinajstić information content (AvgIpc) is 2.45. The quantitative estimate of drug-likeness (QED) is 0.774. The molecule has 1 saturated carbocycles. The van der Waals surface area contributed by atoms with E-state index in [-0.39, 0.29) is 17.2 Å². The molecule has 112 valence electrons. The first kappa shape index (κ1) is 16.2. The van der Waals surface area contributed by atoms with E-state index in [9.17, 15) is 14.4 Å². The number of nitrogens with zero attached hydrogens (tertiary/aromatic N) is 1. The SMILES string of the molecule is CC(C(=O)O)=C(C)C(=O)NC(=O)N(C)C1CCCCC1. The van der Waals surface area contributed by atoms with Gasteiger partial charge in [0.05, 0.1) is 0 Å². The molecule has 0 aromatic heterocycles. The summed E-state index contributed by atoms with van der Waals surface area (Å²) >= 11 is 0. The van der Waals surface area contributed by atoms with E-state index in [0.717, 1.165) is 25.7 Å². The maximum Gasteiger partial charge on any atom is 0.331 e. The van der Waals surface area contributed by atoms with Crippen molar-refractivity contribution in [2.24, 2.45) is 0 Å². The molecule has 0 spiro atoms. The fourth-order valence-electron chi connectivity index (χ4n) is 2.24. The number of aliphatic carboxylic acids is 1. The molecule has 3 amide bonds. The first-order chi connectivity index (χ1) is 9.34. The minimum absolute atomic E-state index is 0.0443. The molecule has 0 aromatic rings. The molecule has 0 heterocycles. The van der Waals surface area contributed by atoms with Gasteiger partial charge in [-0.15, -0.1) is 0 Å². The zero-order valence-electron chi connectivity index (χ0n) is 12.2. The lowest BCUT2D eigenvalue weighted by molar-refractivity contribution is -0.133. The summed E-state index contributed by atoms with van der Waals surface area (Å²) in [7, 11) is 1.67. The summed E-state index contributed by atoms with van der Waals surface area (Å²) in [6.07, 6.45) is 5.26. The summed E-state index contributed by atoms with van der Waals surface area (Å²) in [5, 5.41) is 11.1. The topological polar surface area (TPSA) is 86.7 Å². The van der Waals surface area contributed by atoms with Crippen molar-refractivity contribution in [3.63, 3.8) is 0 Å². The molecule has 20 heavy (non-hydrogen) atoms. The van der Waals surface area contributed by atoms with Crippen LogP contribution in [0, 0.1) is 0 Å². The Hall–Kier alpha value is -1.85. The second-order valence-electron chi connectivity index (χ2n) is 5.22. The van der Waals surface area contributed by atoms with E-state index >= 15 is 0 Å². The number of carbonyl (C=O) groups excluding carboxylic acids is 2. The van der Waals surface area contributed by atoms with E-state index in [1.807, 2.05) is 0 Å². The van der Waals surface area contributed by atoms with Crippen LogP contribution in [0.2, 0.25) is 0 Å². The molecular weight excluding hydrogens is 260 g/mol. The number of carbonyl (C=O) groups is 3. The fraction of sp³-hybridized carbons (Fsp3) is 0.643. The highest BCUT2D eigenvalue weighted by molar-refractivity contribution is 6.07. The number of hydrogen-bond acceptors (Lipinski definition) is 3. The Bertz CT molecular complexity index is 436. The predicted molar refractivity (Wildman–Crippen MR) is 74.2 cm³/mol. The van der Waals surface area contributed by atoms with Crippen molar-refractivity contribution in [2.45, 2.75) is 52.0 Å². The third kappa shape index (κ3) is 4.08. The van der Waals surface area contributed by atoms with Crippen LogP contribution in [0.5, 0.6) is 0 Å². The van der Waals surface area contributed by atoms with Crippen molar-refractivity contribution in [3.8, 4) is 0 Å². The molecule has 1 aliphatic carbocycles. The van der Waals surface area contributed by atoms with Gasteiger partial charge in [-0.1, -0.05) is 19.3 Å². The molecule has 6 heteroatoms. The van der Waals surface area contributed by atoms with E-state index in [1.54, 1.807) is 11.9 Å². The van der Waals surface area contributed by atoms with Crippen LogP contribution in [-0.2, 0) is 9.59 Å². The molecule has 1 aliphatic rings. The second kappa shape index (κ2) is 7.07. The molecule has 6 nitrogen and oxygen atoms in total. The largest absolute Gasteiger partial charge is 0.478 e. The van der Waals surface area contributed by atoms with Gasteiger partial charge in [0, 0.05) is 24.2 Å². The highest BCUT2D eigenvalue weighted by Gasteiger charge is 2.24. The highest BCUT2D eigenvalue weighted by atomic mass is 16.4. The number of hydrogen-bond donors (Lipinski definition) is 2. The van der Waals surface area contributed by atoms with Crippen LogP contribution in [0.1, 0.15) is 46.0 Å². The molecule has 2 N–H and O–H groups in total. The van der Waals surface area contributed by atoms with Crippen molar-refractivity contribution in [2.75, 3.05) is 7.05 Å². The van der Waals surface area contributed by atoms with E-state index in [2.05, 4.69) is 5.32 Å². The lowest BCUT2D eigenvalue weighted by Gasteiger charge is -2.31. The first-order valence-electron chi connectivity index (χ1n) is 6.83. The third-order valence-electron chi connectivity index (χ3n) is 3.89. The summed E-state index contributed by atoms with van der Waals surface area (Å²) in [4.78, 5) is 36.1. The van der Waals surface area contributed by atoms with Crippen LogP contribution >= 0.6 is 0 Å². The minimum Gasteiger partial charge on any atom is -0.478 e. The van der Waals surface area contributed by atoms with Crippen molar-refractivity contribution in [1.29, 1.82) is 0 Å². The number of carboxylic acid groups (broad SMARTS) is 1. The van der Waals surface area contributed by atoms with Crippen molar-refractivity contribution in [3.05, 3.63) is 11.1 Å². The zero-order chi connectivity index (χ0) is 15.3. The van der Waals surface area contributed by atoms with Gasteiger partial charge in [0.15, 0.2) is 0 Å². The summed E-state index contributed by atoms with van der Waals surface area (Å²) in [6, 6.07) is -0.319. The maximum absolute atomic E-state index is 12.0. The Kier molecular flexibility index (Phi) is 5.73. The smallest absolute Gasteiger partial charge is 0.331 e. The summed E-state index contributed by atoms with van der Waals surface area (Å²) in [5.74, 6) is -1.82. The Labute approximate surface area is 118 Å². The number of rotatable bonds is 3. The van der Waals surface area contributed by atoms with Gasteiger partial charge < -0.3 is 10.0 Å². The normalized spacial score (nSPS) is 17.1. The standard InChI is InChI=1S/C14H22N2O4/c1-9(10(2)13(18)19)12(17)15-14(20)16(3)11-7-5-4-6-8-11/h11H,4-8H2,1-3H3,(H,18,19)(H,15,17,20). The van der Waals surface area contributed by atoms with Gasteiger partial charge in [0.2, 0.25) is 0 Å². The molecule has 1 fully saturated rings. The molecule has 1 rings (SSSR count). The number of imide groups is 1. The van der Waals surface area contributed by atoms with E-state index in [1.165, 1.54) is 20.3 Å². The molecule has 0 radical (unpaired) electrons. The molecular formula is C14H22N2O4. The van der Waals surface area contributed by atoms with Crippen molar-refractivity contribution in [1.82, 2.24) is 10.2 Å². The van der Waals surface area contributed by atoms with Crippen LogP contribution in [0.15, 0.2) is 11.1 Å². The van der Waals surface area contributed by atoms with Gasteiger partial charge in [-0.25, -0.2) is 9.59 Å². The van der Waals surface area contributed by atoms with Crippen LogP contribution in [-0.4, -0.2) is 41.0 Å². The van der Waals surface area contributed by atoms with E-state index in [0.29, 0.717) is 0 Å². The summed E-state index contributed by atoms with van der Waals surface area (Å²) in [5.41, 5.74) is -0.0153. The van der Waals surface area contributed by atoms with Crippen LogP contribution < -0.4 is 5.32 Å². The predicted octanol–water partition coefficient (Wildman–Crippen LogP) is 1.91. The molecule has 0 atom stereocenters. The van der Waals surface area contributed by atoms with Crippen LogP contribution in [0.25, 0.3) is 0 Å². The summed E-state index contributed by atoms with van der Waals surface area (Å²) in [6.45, 7) is 2.74. The Morgan fingerprint density at radius 2 is 1.60 bits per heavy atom. The van der Waals surface area contributed by atoms with Crippen molar-refractivity contribution >= 4 is 17.9 Å². The van der Waals surface area contributed by atoms with Gasteiger partial charge >= 0.3 is 12.0 Å². The van der Waals surface area contributed by atoms with Crippen LogP contribution in [0.3, 0.4) is 0 Å². The van der Waals surface area contributed by atoms with E-state index in [4.69, 9.17) is 5.11 Å². The molecule has 0 aromatic carbocycles. The van der Waals surface area contributed by atoms with E-state index < -0.39 is 17.9 Å². The van der Waals surface area contributed by atoms with Gasteiger partial charge in [-0.05, 0) is 26.7 Å². The van der Waals surface area contributed by atoms with Gasteiger partial charge in [-0.3, -0.25) is 10.1 Å². The van der Waals surface area contributed by atoms with Gasteiger partial charge in [-0.2, -0.15) is 0 Å². The third-order valence-corrected chi connectivity index (χ3v) is 3.89. The minimum atomic E-state index is -1.16. The molecule has 0 aliphatic heterocycles. The second-order valence-corrected chi connectivity index (χ2v) is 5.22. The van der Waals surface area contributed by atoms with Crippen molar-refractivity contribution < 1.29 is 19.5 Å². The lowest BCUT2D eigenvalue weighted by atomic mass is 9.95. The Balaban J connectivity index is 2.63. The number of carboxylic acids is 1. The lowest BCUT2D eigenvalue weighted by Crippen LogP contribution is -2.46. The molecule has 0 unspecified atom stereocenters. The molecule has 0 saturated heterocycles. The van der Waals surface area contributed by atoms with Gasteiger partial charge in [0.1, 0.15) is 0 Å². The zero-order valence-corrected chi connectivity index (χ0v) is 12.2.